The van der Waals surface area contributed by atoms with Crippen molar-refractivity contribution in [1.29, 1.82) is 0 Å². The molecule has 178 valence electrons. The summed E-state index contributed by atoms with van der Waals surface area (Å²) < 4.78 is 30.7. The van der Waals surface area contributed by atoms with Crippen LogP contribution in [0.1, 0.15) is 38.5 Å². The summed E-state index contributed by atoms with van der Waals surface area (Å²) in [7, 11) is -3.96. The molecule has 0 saturated heterocycles. The molecule has 0 aliphatic heterocycles. The van der Waals surface area contributed by atoms with Crippen LogP contribution in [0.5, 0.6) is 0 Å². The lowest BCUT2D eigenvalue weighted by Crippen LogP contribution is -2.42. The smallest absolute Gasteiger partial charge is 0.299 e. The molecular weight excluding hydrogens is 438 g/mol. The highest BCUT2D eigenvalue weighted by Crippen LogP contribution is 2.18. The number of nitrogens with zero attached hydrogens (tertiary/aromatic N) is 2. The van der Waals surface area contributed by atoms with E-state index in [1.165, 1.54) is 18.3 Å². The second kappa shape index (κ2) is 11.7. The number of hydrogen-bond acceptors (Lipinski definition) is 7. The van der Waals surface area contributed by atoms with Crippen LogP contribution in [0.2, 0.25) is 0 Å². The largest absolute Gasteiger partial charge is 0.370 e. The number of carbonyl (C=O) groups excluding carboxylic acids is 2. The van der Waals surface area contributed by atoms with Crippen LogP contribution in [0.4, 0.5) is 5.69 Å². The van der Waals surface area contributed by atoms with Gasteiger partial charge in [-0.1, -0.05) is 19.3 Å². The molecule has 1 aliphatic rings. The SMILES string of the molecule is NC(N)=NCCC(C(=O)Cn1cccc(NS(=O)(=O)NC2CCCCC2)c1=O)[C@H](N)C=O. The van der Waals surface area contributed by atoms with Crippen molar-refractivity contribution >= 4 is 33.9 Å². The van der Waals surface area contributed by atoms with Gasteiger partial charge >= 0.3 is 0 Å². The van der Waals surface area contributed by atoms with Gasteiger partial charge in [-0.15, -0.1) is 0 Å². The van der Waals surface area contributed by atoms with Crippen LogP contribution in [0.15, 0.2) is 28.1 Å². The van der Waals surface area contributed by atoms with Gasteiger partial charge in [-0.05, 0) is 31.4 Å². The molecule has 1 aliphatic carbocycles. The predicted molar refractivity (Wildman–Crippen MR) is 121 cm³/mol. The van der Waals surface area contributed by atoms with Gasteiger partial charge in [-0.2, -0.15) is 13.1 Å². The van der Waals surface area contributed by atoms with Crippen molar-refractivity contribution < 1.29 is 18.0 Å². The summed E-state index contributed by atoms with van der Waals surface area (Å²) in [5.41, 5.74) is 15.4. The van der Waals surface area contributed by atoms with Gasteiger partial charge in [0.1, 0.15) is 12.0 Å². The van der Waals surface area contributed by atoms with Crippen LogP contribution in [0.25, 0.3) is 0 Å². The minimum Gasteiger partial charge on any atom is -0.370 e. The van der Waals surface area contributed by atoms with Crippen molar-refractivity contribution in [3.8, 4) is 0 Å². The first-order valence-corrected chi connectivity index (χ1v) is 11.9. The van der Waals surface area contributed by atoms with E-state index < -0.39 is 40.1 Å². The first-order valence-electron chi connectivity index (χ1n) is 10.4. The standard InChI is InChI=1S/C19H31N7O5S/c20-15(12-27)14(8-9-23-19(21)22)17(28)11-26-10-4-7-16(18(26)29)25-32(30,31)24-13-5-2-1-3-6-13/h4,7,10,12-15,24-25H,1-3,5-6,8-9,11,20H2,(H4,21,22,23)/t14?,15-/m1/s1. The van der Waals surface area contributed by atoms with E-state index in [2.05, 4.69) is 14.4 Å². The molecule has 1 fully saturated rings. The fourth-order valence-electron chi connectivity index (χ4n) is 3.63. The van der Waals surface area contributed by atoms with Gasteiger partial charge in [0.25, 0.3) is 15.8 Å². The first kappa shape index (κ1) is 25.5. The summed E-state index contributed by atoms with van der Waals surface area (Å²) in [6.07, 6.45) is 6.36. The van der Waals surface area contributed by atoms with Gasteiger partial charge in [0.05, 0.1) is 12.6 Å². The number of nitrogens with one attached hydrogen (secondary N) is 2. The van der Waals surface area contributed by atoms with Crippen molar-refractivity contribution in [2.24, 2.45) is 28.1 Å². The normalized spacial score (nSPS) is 16.7. The fourth-order valence-corrected chi connectivity index (χ4v) is 4.81. The second-order valence-electron chi connectivity index (χ2n) is 7.79. The molecule has 0 aromatic carbocycles. The van der Waals surface area contributed by atoms with Gasteiger partial charge in [-0.25, -0.2) is 0 Å². The molecule has 1 unspecified atom stereocenters. The molecule has 13 heteroatoms. The summed E-state index contributed by atoms with van der Waals surface area (Å²) in [5, 5.41) is 0. The zero-order valence-corrected chi connectivity index (χ0v) is 18.6. The molecule has 1 aromatic heterocycles. The molecule has 8 N–H and O–H groups in total. The molecule has 0 amide bonds. The number of Topliss-reactive ketones (excluding diaryl/α,β-unsaturated/α-hetero) is 1. The van der Waals surface area contributed by atoms with E-state index in [1.807, 2.05) is 0 Å². The Morgan fingerprint density at radius 3 is 2.59 bits per heavy atom. The Morgan fingerprint density at radius 1 is 1.28 bits per heavy atom. The number of guanidine groups is 1. The van der Waals surface area contributed by atoms with Crippen LogP contribution < -0.4 is 32.2 Å². The minimum atomic E-state index is -3.96. The van der Waals surface area contributed by atoms with Crippen molar-refractivity contribution in [3.05, 3.63) is 28.7 Å². The lowest BCUT2D eigenvalue weighted by molar-refractivity contribution is -0.126. The highest BCUT2D eigenvalue weighted by molar-refractivity contribution is 7.90. The lowest BCUT2D eigenvalue weighted by Gasteiger charge is -2.23. The number of carbonyl (C=O) groups is 2. The molecular formula is C19H31N7O5S. The van der Waals surface area contributed by atoms with E-state index in [-0.39, 0.29) is 30.7 Å². The monoisotopic (exact) mass is 469 g/mol. The summed E-state index contributed by atoms with van der Waals surface area (Å²) in [4.78, 5) is 40.4. The van der Waals surface area contributed by atoms with Crippen LogP contribution in [0.3, 0.4) is 0 Å². The molecule has 0 spiro atoms. The number of ketones is 1. The molecule has 2 atom stereocenters. The maximum Gasteiger partial charge on any atom is 0.299 e. The van der Waals surface area contributed by atoms with Crippen LogP contribution in [-0.2, 0) is 26.3 Å². The van der Waals surface area contributed by atoms with Gasteiger partial charge in [0, 0.05) is 24.7 Å². The maximum atomic E-state index is 12.7. The molecule has 32 heavy (non-hydrogen) atoms. The van der Waals surface area contributed by atoms with Crippen molar-refractivity contribution in [3.63, 3.8) is 0 Å². The van der Waals surface area contributed by atoms with E-state index in [1.54, 1.807) is 0 Å². The first-order chi connectivity index (χ1) is 15.1. The molecule has 2 rings (SSSR count). The molecule has 0 bridgehead atoms. The van der Waals surface area contributed by atoms with E-state index in [9.17, 15) is 22.8 Å². The Hall–Kier alpha value is -2.77. The lowest BCUT2D eigenvalue weighted by atomic mass is 9.92. The fraction of sp³-hybridized carbons (Fsp3) is 0.579. The average molecular weight is 470 g/mol. The van der Waals surface area contributed by atoms with E-state index in [0.29, 0.717) is 6.29 Å². The van der Waals surface area contributed by atoms with Crippen molar-refractivity contribution in [2.45, 2.75) is 57.2 Å². The molecule has 1 aromatic rings. The summed E-state index contributed by atoms with van der Waals surface area (Å²) >= 11 is 0. The van der Waals surface area contributed by atoms with Crippen LogP contribution in [0, 0.1) is 5.92 Å². The predicted octanol–water partition coefficient (Wildman–Crippen LogP) is -1.20. The number of pyridine rings is 1. The summed E-state index contributed by atoms with van der Waals surface area (Å²) in [5.74, 6) is -1.54. The minimum absolute atomic E-state index is 0.0852. The number of hydrogen-bond donors (Lipinski definition) is 5. The Kier molecular flexibility index (Phi) is 9.35. The molecule has 1 heterocycles. The molecule has 1 saturated carbocycles. The summed E-state index contributed by atoms with van der Waals surface area (Å²) in [6.45, 7) is -0.305. The van der Waals surface area contributed by atoms with Gasteiger partial charge in [0.2, 0.25) is 0 Å². The number of rotatable bonds is 12. The highest BCUT2D eigenvalue weighted by Gasteiger charge is 2.26. The number of anilines is 1. The number of aromatic nitrogens is 1. The summed E-state index contributed by atoms with van der Waals surface area (Å²) in [6, 6.07) is 1.50. The Labute approximate surface area is 186 Å². The molecule has 12 nitrogen and oxygen atoms in total. The maximum absolute atomic E-state index is 12.7. The second-order valence-corrected chi connectivity index (χ2v) is 9.24. The van der Waals surface area contributed by atoms with Crippen LogP contribution in [-0.4, -0.2) is 49.6 Å². The number of nitrogens with two attached hydrogens (primary N) is 3. The quantitative estimate of drug-likeness (QED) is 0.142. The zero-order chi connectivity index (χ0) is 23.7. The van der Waals surface area contributed by atoms with Gasteiger partial charge in [0.15, 0.2) is 11.7 Å². The third kappa shape index (κ3) is 7.73. The zero-order valence-electron chi connectivity index (χ0n) is 17.8. The third-order valence-electron chi connectivity index (χ3n) is 5.29. The number of aldehydes is 1. The van der Waals surface area contributed by atoms with Crippen molar-refractivity contribution in [1.82, 2.24) is 9.29 Å². The van der Waals surface area contributed by atoms with E-state index >= 15 is 0 Å². The Bertz CT molecular complexity index is 982. The highest BCUT2D eigenvalue weighted by atomic mass is 32.2. The Balaban J connectivity index is 2.12. The number of aliphatic imine (C=N–C) groups is 1. The average Bonchev–Trinajstić information content (AvgIpc) is 2.73. The third-order valence-corrected chi connectivity index (χ3v) is 6.42. The van der Waals surface area contributed by atoms with Crippen molar-refractivity contribution in [2.75, 3.05) is 11.3 Å². The van der Waals surface area contributed by atoms with Gasteiger partial charge < -0.3 is 26.6 Å². The van der Waals surface area contributed by atoms with E-state index in [4.69, 9.17) is 17.2 Å². The van der Waals surface area contributed by atoms with Gasteiger partial charge in [-0.3, -0.25) is 19.3 Å². The topological polar surface area (TPSA) is 205 Å². The molecule has 0 radical (unpaired) electrons. The van der Waals surface area contributed by atoms with Crippen LogP contribution >= 0.6 is 0 Å². The Morgan fingerprint density at radius 2 is 1.97 bits per heavy atom. The van der Waals surface area contributed by atoms with E-state index in [0.717, 1.165) is 36.7 Å².